The molecule has 1 aliphatic carbocycles. The minimum Gasteiger partial charge on any atom is -0.360 e. The van der Waals surface area contributed by atoms with E-state index in [0.717, 1.165) is 19.3 Å². The highest BCUT2D eigenvalue weighted by Gasteiger charge is 2.28. The maximum atomic E-state index is 12.8. The molecule has 0 unspecified atom stereocenters. The zero-order valence-electron chi connectivity index (χ0n) is 13.4. The summed E-state index contributed by atoms with van der Waals surface area (Å²) in [7, 11) is 0. The molecule has 1 heterocycles. The normalized spacial score (nSPS) is 21.2. The Kier molecular flexibility index (Phi) is 4.71. The molecule has 1 aliphatic rings. The molecular formula is C18H21ClN2O2. The zero-order chi connectivity index (χ0) is 16.4. The van der Waals surface area contributed by atoms with Crippen LogP contribution in [0, 0.1) is 12.8 Å². The van der Waals surface area contributed by atoms with Gasteiger partial charge in [0.15, 0.2) is 0 Å². The molecule has 4 nitrogen and oxygen atoms in total. The average molecular weight is 333 g/mol. The van der Waals surface area contributed by atoms with Gasteiger partial charge in [-0.05, 0) is 31.7 Å². The van der Waals surface area contributed by atoms with E-state index in [1.54, 1.807) is 13.0 Å². The van der Waals surface area contributed by atoms with Crippen LogP contribution in [0.3, 0.4) is 0 Å². The SMILES string of the molecule is Cc1onc(-c2ccccc2Cl)c1C(=O)N[C@@H]1CCCC[C@H]1C. The Morgan fingerprint density at radius 1 is 1.30 bits per heavy atom. The molecule has 5 heteroatoms. The summed E-state index contributed by atoms with van der Waals surface area (Å²) in [6.07, 6.45) is 4.59. The third-order valence-electron chi connectivity index (χ3n) is 4.65. The highest BCUT2D eigenvalue weighted by Crippen LogP contribution is 2.31. The maximum absolute atomic E-state index is 12.8. The lowest BCUT2D eigenvalue weighted by Gasteiger charge is -2.29. The number of benzene rings is 1. The molecule has 1 saturated carbocycles. The monoisotopic (exact) mass is 332 g/mol. The molecule has 1 aromatic heterocycles. The van der Waals surface area contributed by atoms with Gasteiger partial charge < -0.3 is 9.84 Å². The standard InChI is InChI=1S/C18H21ClN2O2/c1-11-7-3-6-10-15(11)20-18(22)16-12(2)23-21-17(16)13-8-4-5-9-14(13)19/h4-5,8-9,11,15H,3,6-7,10H2,1-2H3,(H,20,22)/t11-,15-/m1/s1. The molecule has 23 heavy (non-hydrogen) atoms. The van der Waals surface area contributed by atoms with Crippen molar-refractivity contribution < 1.29 is 9.32 Å². The minimum absolute atomic E-state index is 0.127. The summed E-state index contributed by atoms with van der Waals surface area (Å²) in [5.41, 5.74) is 1.71. The van der Waals surface area contributed by atoms with Crippen molar-refractivity contribution in [3.63, 3.8) is 0 Å². The van der Waals surface area contributed by atoms with Crippen LogP contribution in [-0.4, -0.2) is 17.1 Å². The van der Waals surface area contributed by atoms with Crippen molar-refractivity contribution in [3.8, 4) is 11.3 Å². The first-order valence-electron chi connectivity index (χ1n) is 8.10. The van der Waals surface area contributed by atoms with Crippen LogP contribution < -0.4 is 5.32 Å². The van der Waals surface area contributed by atoms with Crippen molar-refractivity contribution in [2.75, 3.05) is 0 Å². The summed E-state index contributed by atoms with van der Waals surface area (Å²) >= 11 is 6.25. The Labute approximate surface area is 141 Å². The molecule has 0 spiro atoms. The van der Waals surface area contributed by atoms with Crippen LogP contribution in [0.4, 0.5) is 0 Å². The molecule has 3 rings (SSSR count). The number of hydrogen-bond donors (Lipinski definition) is 1. The van der Waals surface area contributed by atoms with E-state index in [9.17, 15) is 4.79 Å². The average Bonchev–Trinajstić information content (AvgIpc) is 2.91. The third kappa shape index (κ3) is 3.27. The maximum Gasteiger partial charge on any atom is 0.257 e. The molecule has 1 N–H and O–H groups in total. The van der Waals surface area contributed by atoms with Gasteiger partial charge >= 0.3 is 0 Å². The van der Waals surface area contributed by atoms with Gasteiger partial charge in [0.2, 0.25) is 0 Å². The summed E-state index contributed by atoms with van der Waals surface area (Å²) in [6.45, 7) is 3.95. The van der Waals surface area contributed by atoms with E-state index in [-0.39, 0.29) is 11.9 Å². The van der Waals surface area contributed by atoms with Crippen molar-refractivity contribution in [2.45, 2.75) is 45.6 Å². The fourth-order valence-corrected chi connectivity index (χ4v) is 3.47. The van der Waals surface area contributed by atoms with Crippen LogP contribution in [0.1, 0.15) is 48.7 Å². The molecule has 0 aliphatic heterocycles. The lowest BCUT2D eigenvalue weighted by molar-refractivity contribution is 0.0909. The summed E-state index contributed by atoms with van der Waals surface area (Å²) in [5.74, 6) is 0.884. The predicted octanol–water partition coefficient (Wildman–Crippen LogP) is 4.61. The summed E-state index contributed by atoms with van der Waals surface area (Å²) in [5, 5.41) is 7.78. The number of aryl methyl sites for hydroxylation is 1. The van der Waals surface area contributed by atoms with Gasteiger partial charge in [-0.2, -0.15) is 0 Å². The van der Waals surface area contributed by atoms with Gasteiger partial charge in [-0.25, -0.2) is 0 Å². The highest BCUT2D eigenvalue weighted by atomic mass is 35.5. The molecule has 1 fully saturated rings. The number of nitrogens with one attached hydrogen (secondary N) is 1. The third-order valence-corrected chi connectivity index (χ3v) is 4.98. The molecule has 1 amide bonds. The first-order valence-corrected chi connectivity index (χ1v) is 8.47. The van der Waals surface area contributed by atoms with Crippen molar-refractivity contribution in [3.05, 3.63) is 40.6 Å². The second kappa shape index (κ2) is 6.75. The number of carbonyl (C=O) groups is 1. The Bertz CT molecular complexity index is 711. The van der Waals surface area contributed by atoms with Crippen LogP contribution >= 0.6 is 11.6 Å². The van der Waals surface area contributed by atoms with Crippen LogP contribution in [-0.2, 0) is 0 Å². The first-order chi connectivity index (χ1) is 11.1. The number of carbonyl (C=O) groups excluding carboxylic acids is 1. The van der Waals surface area contributed by atoms with E-state index in [1.807, 2.05) is 18.2 Å². The van der Waals surface area contributed by atoms with Crippen LogP contribution in [0.25, 0.3) is 11.3 Å². The minimum atomic E-state index is -0.127. The molecule has 0 radical (unpaired) electrons. The van der Waals surface area contributed by atoms with E-state index >= 15 is 0 Å². The van der Waals surface area contributed by atoms with Gasteiger partial charge in [-0.1, -0.05) is 54.7 Å². The van der Waals surface area contributed by atoms with Crippen molar-refractivity contribution in [1.29, 1.82) is 0 Å². The van der Waals surface area contributed by atoms with Gasteiger partial charge in [0.1, 0.15) is 17.0 Å². The molecule has 122 valence electrons. The Morgan fingerprint density at radius 2 is 2.04 bits per heavy atom. The highest BCUT2D eigenvalue weighted by molar-refractivity contribution is 6.33. The number of rotatable bonds is 3. The number of amides is 1. The Balaban J connectivity index is 1.89. The largest absolute Gasteiger partial charge is 0.360 e. The number of nitrogens with zero attached hydrogens (tertiary/aromatic N) is 1. The van der Waals surface area contributed by atoms with E-state index in [4.69, 9.17) is 16.1 Å². The van der Waals surface area contributed by atoms with Crippen molar-refractivity contribution in [1.82, 2.24) is 10.5 Å². The summed E-state index contributed by atoms with van der Waals surface area (Å²) in [6, 6.07) is 7.56. The second-order valence-electron chi connectivity index (χ2n) is 6.28. The van der Waals surface area contributed by atoms with Gasteiger partial charge in [0, 0.05) is 11.6 Å². The molecule has 2 atom stereocenters. The van der Waals surface area contributed by atoms with Gasteiger partial charge in [-0.3, -0.25) is 4.79 Å². The Morgan fingerprint density at radius 3 is 2.78 bits per heavy atom. The van der Waals surface area contributed by atoms with E-state index < -0.39 is 0 Å². The topological polar surface area (TPSA) is 55.1 Å². The number of aromatic nitrogens is 1. The van der Waals surface area contributed by atoms with E-state index in [0.29, 0.717) is 33.5 Å². The zero-order valence-corrected chi connectivity index (χ0v) is 14.2. The predicted molar refractivity (Wildman–Crippen MR) is 90.6 cm³/mol. The molecule has 1 aromatic carbocycles. The lowest BCUT2D eigenvalue weighted by atomic mass is 9.86. The van der Waals surface area contributed by atoms with Crippen LogP contribution in [0.15, 0.2) is 28.8 Å². The first kappa shape index (κ1) is 16.1. The molecule has 0 bridgehead atoms. The van der Waals surface area contributed by atoms with E-state index in [1.165, 1.54) is 6.42 Å². The quantitative estimate of drug-likeness (QED) is 0.892. The lowest BCUT2D eigenvalue weighted by Crippen LogP contribution is -2.41. The van der Waals surface area contributed by atoms with Crippen LogP contribution in [0.5, 0.6) is 0 Å². The Hall–Kier alpha value is -1.81. The summed E-state index contributed by atoms with van der Waals surface area (Å²) in [4.78, 5) is 12.8. The fourth-order valence-electron chi connectivity index (χ4n) is 3.25. The smallest absolute Gasteiger partial charge is 0.257 e. The molecule has 2 aromatic rings. The second-order valence-corrected chi connectivity index (χ2v) is 6.69. The van der Waals surface area contributed by atoms with Crippen molar-refractivity contribution in [2.24, 2.45) is 5.92 Å². The number of halogens is 1. The molecule has 0 saturated heterocycles. The van der Waals surface area contributed by atoms with Crippen LogP contribution in [0.2, 0.25) is 5.02 Å². The summed E-state index contributed by atoms with van der Waals surface area (Å²) < 4.78 is 5.27. The number of hydrogen-bond acceptors (Lipinski definition) is 3. The van der Waals surface area contributed by atoms with Gasteiger partial charge in [0.05, 0.1) is 5.02 Å². The fraction of sp³-hybridized carbons (Fsp3) is 0.444. The van der Waals surface area contributed by atoms with Gasteiger partial charge in [-0.15, -0.1) is 0 Å². The molecular weight excluding hydrogens is 312 g/mol. The van der Waals surface area contributed by atoms with Gasteiger partial charge in [0.25, 0.3) is 5.91 Å². The van der Waals surface area contributed by atoms with E-state index in [2.05, 4.69) is 17.4 Å². The van der Waals surface area contributed by atoms with Crippen molar-refractivity contribution >= 4 is 17.5 Å².